The molecule has 0 bridgehead atoms. The summed E-state index contributed by atoms with van der Waals surface area (Å²) in [6.45, 7) is 2.01. The van der Waals surface area contributed by atoms with Crippen LogP contribution in [-0.4, -0.2) is 38.2 Å². The maximum atomic E-state index is 13.2. The summed E-state index contributed by atoms with van der Waals surface area (Å²) in [6, 6.07) is 21.7. The zero-order valence-corrected chi connectivity index (χ0v) is 19.9. The first-order chi connectivity index (χ1) is 16.9. The number of rotatable bonds is 9. The van der Waals surface area contributed by atoms with Crippen LogP contribution in [0.15, 0.2) is 88.3 Å². The second-order valence-corrected chi connectivity index (χ2v) is 9.26. The number of carbonyl (C=O) groups excluding carboxylic acids is 1. The highest BCUT2D eigenvalue weighted by atomic mass is 32.2. The fourth-order valence-corrected chi connectivity index (χ4v) is 4.72. The van der Waals surface area contributed by atoms with Crippen molar-refractivity contribution >= 4 is 21.7 Å². The summed E-state index contributed by atoms with van der Waals surface area (Å²) in [6.07, 6.45) is 0. The number of esters is 1. The van der Waals surface area contributed by atoms with Gasteiger partial charge in [-0.15, -0.1) is 0 Å². The minimum atomic E-state index is -4.03. The highest BCUT2D eigenvalue weighted by molar-refractivity contribution is 7.92. The lowest BCUT2D eigenvalue weighted by molar-refractivity contribution is 0.0425. The molecule has 9 nitrogen and oxygen atoms in total. The summed E-state index contributed by atoms with van der Waals surface area (Å²) in [5.41, 5.74) is 0.995. The fraction of sp³-hybridized carbons (Fsp3) is 0.160. The van der Waals surface area contributed by atoms with Gasteiger partial charge in [-0.2, -0.15) is 4.98 Å². The predicted octanol–water partition coefficient (Wildman–Crippen LogP) is 4.32. The summed E-state index contributed by atoms with van der Waals surface area (Å²) in [5, 5.41) is 3.93. The van der Waals surface area contributed by atoms with Crippen LogP contribution in [0.25, 0.3) is 11.4 Å². The highest BCUT2D eigenvalue weighted by Gasteiger charge is 2.27. The Kier molecular flexibility index (Phi) is 7.11. The monoisotopic (exact) mass is 493 g/mol. The van der Waals surface area contributed by atoms with Gasteiger partial charge in [0.15, 0.2) is 6.61 Å². The number of carbonyl (C=O) groups is 1. The molecule has 4 aromatic rings. The van der Waals surface area contributed by atoms with Gasteiger partial charge >= 0.3 is 5.97 Å². The Hall–Kier alpha value is -4.18. The molecule has 10 heteroatoms. The normalized spacial score (nSPS) is 11.1. The van der Waals surface area contributed by atoms with Crippen LogP contribution in [0.1, 0.15) is 23.2 Å². The molecule has 0 N–H and O–H groups in total. The zero-order chi connectivity index (χ0) is 24.8. The van der Waals surface area contributed by atoms with Gasteiger partial charge in [0.2, 0.25) is 5.82 Å². The van der Waals surface area contributed by atoms with Crippen molar-refractivity contribution in [3.8, 4) is 17.1 Å². The molecule has 0 radical (unpaired) electrons. The Morgan fingerprint density at radius 3 is 2.43 bits per heavy atom. The zero-order valence-electron chi connectivity index (χ0n) is 19.1. The Morgan fingerprint density at radius 2 is 1.66 bits per heavy atom. The van der Waals surface area contributed by atoms with Crippen LogP contribution in [0.4, 0.5) is 5.69 Å². The minimum Gasteiger partial charge on any atom is -0.493 e. The molecular weight excluding hydrogens is 470 g/mol. The van der Waals surface area contributed by atoms with Gasteiger partial charge in [0.1, 0.15) is 10.6 Å². The van der Waals surface area contributed by atoms with E-state index >= 15 is 0 Å². The highest BCUT2D eigenvalue weighted by Crippen LogP contribution is 2.28. The van der Waals surface area contributed by atoms with Gasteiger partial charge in [0, 0.05) is 7.05 Å². The van der Waals surface area contributed by atoms with Crippen LogP contribution in [0.3, 0.4) is 0 Å². The number of aromatic nitrogens is 2. The largest absolute Gasteiger partial charge is 0.493 e. The molecule has 0 aliphatic heterocycles. The molecule has 1 aromatic heterocycles. The van der Waals surface area contributed by atoms with Crippen LogP contribution in [-0.2, 0) is 21.4 Å². The number of para-hydroxylation sites is 2. The SMILES string of the molecule is CCOc1ccccc1-c1noc(COC(=O)c2ccccc2S(=O)(=O)N(C)c2ccccc2)n1. The summed E-state index contributed by atoms with van der Waals surface area (Å²) in [7, 11) is -2.60. The van der Waals surface area contributed by atoms with Crippen LogP contribution in [0.2, 0.25) is 0 Å². The first-order valence-corrected chi connectivity index (χ1v) is 12.2. The van der Waals surface area contributed by atoms with Gasteiger partial charge < -0.3 is 14.0 Å². The van der Waals surface area contributed by atoms with Gasteiger partial charge in [-0.25, -0.2) is 13.2 Å². The molecule has 0 unspecified atom stereocenters. The van der Waals surface area contributed by atoms with E-state index in [2.05, 4.69) is 10.1 Å². The van der Waals surface area contributed by atoms with E-state index in [1.165, 1.54) is 19.2 Å². The summed E-state index contributed by atoms with van der Waals surface area (Å²) in [5.74, 6) is 0.107. The number of ether oxygens (including phenoxy) is 2. The van der Waals surface area contributed by atoms with Crippen molar-refractivity contribution in [2.75, 3.05) is 18.0 Å². The fourth-order valence-electron chi connectivity index (χ4n) is 3.35. The van der Waals surface area contributed by atoms with Crippen LogP contribution < -0.4 is 9.04 Å². The topological polar surface area (TPSA) is 112 Å². The quantitative estimate of drug-likeness (QED) is 0.317. The Balaban J connectivity index is 1.52. The average molecular weight is 494 g/mol. The molecule has 0 fully saturated rings. The maximum Gasteiger partial charge on any atom is 0.340 e. The van der Waals surface area contributed by atoms with E-state index in [4.69, 9.17) is 14.0 Å². The lowest BCUT2D eigenvalue weighted by Gasteiger charge is -2.20. The molecule has 4 rings (SSSR count). The van der Waals surface area contributed by atoms with Gasteiger partial charge in [-0.1, -0.05) is 47.6 Å². The Labute approximate surface area is 203 Å². The van der Waals surface area contributed by atoms with E-state index < -0.39 is 16.0 Å². The molecular formula is C25H23N3O6S. The first-order valence-electron chi connectivity index (χ1n) is 10.8. The lowest BCUT2D eigenvalue weighted by atomic mass is 10.2. The third-order valence-corrected chi connectivity index (χ3v) is 6.93. The van der Waals surface area contributed by atoms with Crippen molar-refractivity contribution in [1.82, 2.24) is 10.1 Å². The second kappa shape index (κ2) is 10.4. The van der Waals surface area contributed by atoms with Gasteiger partial charge in [0.25, 0.3) is 15.9 Å². The Morgan fingerprint density at radius 1 is 0.971 bits per heavy atom. The maximum absolute atomic E-state index is 13.2. The molecule has 0 aliphatic rings. The molecule has 180 valence electrons. The first kappa shape index (κ1) is 24.0. The Bertz CT molecular complexity index is 1420. The summed E-state index contributed by atoms with van der Waals surface area (Å²) < 4.78 is 43.7. The average Bonchev–Trinajstić information content (AvgIpc) is 3.37. The van der Waals surface area contributed by atoms with E-state index in [9.17, 15) is 13.2 Å². The smallest absolute Gasteiger partial charge is 0.340 e. The van der Waals surface area contributed by atoms with Gasteiger partial charge in [-0.05, 0) is 43.3 Å². The van der Waals surface area contributed by atoms with Crippen LogP contribution in [0.5, 0.6) is 5.75 Å². The number of anilines is 1. The standard InChI is InChI=1S/C25H23N3O6S/c1-3-32-21-15-9-7-13-19(21)24-26-23(34-27-24)17-33-25(29)20-14-8-10-16-22(20)35(30,31)28(2)18-11-5-4-6-12-18/h4-16H,3,17H2,1-2H3. The molecule has 0 spiro atoms. The van der Waals surface area contributed by atoms with Crippen molar-refractivity contribution in [1.29, 1.82) is 0 Å². The second-order valence-electron chi connectivity index (χ2n) is 7.32. The van der Waals surface area contributed by atoms with E-state index in [-0.39, 0.29) is 28.8 Å². The van der Waals surface area contributed by atoms with Crippen molar-refractivity contribution in [3.63, 3.8) is 0 Å². The molecule has 0 saturated carbocycles. The molecule has 0 atom stereocenters. The van der Waals surface area contributed by atoms with E-state index in [0.717, 1.165) is 4.31 Å². The molecule has 0 amide bonds. The van der Waals surface area contributed by atoms with E-state index in [1.54, 1.807) is 54.6 Å². The van der Waals surface area contributed by atoms with Crippen molar-refractivity contribution in [2.45, 2.75) is 18.4 Å². The number of nitrogens with zero attached hydrogens (tertiary/aromatic N) is 3. The van der Waals surface area contributed by atoms with Crippen molar-refractivity contribution in [3.05, 3.63) is 90.3 Å². The minimum absolute atomic E-state index is 0.0568. The van der Waals surface area contributed by atoms with Crippen LogP contribution in [0, 0.1) is 0 Å². The molecule has 0 aliphatic carbocycles. The number of sulfonamides is 1. The lowest BCUT2D eigenvalue weighted by Crippen LogP contribution is -2.28. The van der Waals surface area contributed by atoms with E-state index in [1.807, 2.05) is 19.1 Å². The van der Waals surface area contributed by atoms with Crippen LogP contribution >= 0.6 is 0 Å². The predicted molar refractivity (Wildman–Crippen MR) is 128 cm³/mol. The summed E-state index contributed by atoms with van der Waals surface area (Å²) >= 11 is 0. The van der Waals surface area contributed by atoms with E-state index in [0.29, 0.717) is 23.6 Å². The summed E-state index contributed by atoms with van der Waals surface area (Å²) in [4.78, 5) is 16.9. The molecule has 0 saturated heterocycles. The molecule has 3 aromatic carbocycles. The number of hydrogen-bond acceptors (Lipinski definition) is 8. The van der Waals surface area contributed by atoms with Crippen molar-refractivity contribution in [2.24, 2.45) is 0 Å². The number of benzene rings is 3. The van der Waals surface area contributed by atoms with Crippen molar-refractivity contribution < 1.29 is 27.2 Å². The number of hydrogen-bond donors (Lipinski definition) is 0. The molecule has 1 heterocycles. The van der Waals surface area contributed by atoms with Gasteiger partial charge in [0.05, 0.1) is 23.4 Å². The third kappa shape index (κ3) is 5.17. The third-order valence-electron chi connectivity index (χ3n) is 5.09. The molecule has 35 heavy (non-hydrogen) atoms. The van der Waals surface area contributed by atoms with Gasteiger partial charge in [-0.3, -0.25) is 4.31 Å².